The SMILES string of the molecule is CCN(C)C(=O)CNc1ccc(SC)cc1. The molecule has 0 bridgehead atoms. The highest BCUT2D eigenvalue weighted by atomic mass is 32.2. The molecule has 0 aromatic heterocycles. The fourth-order valence-electron chi connectivity index (χ4n) is 1.20. The van der Waals surface area contributed by atoms with Crippen molar-refractivity contribution >= 4 is 23.4 Å². The van der Waals surface area contributed by atoms with Crippen LogP contribution in [-0.4, -0.2) is 37.2 Å². The van der Waals surface area contributed by atoms with Crippen LogP contribution in [0.4, 0.5) is 5.69 Å². The van der Waals surface area contributed by atoms with E-state index in [0.29, 0.717) is 6.54 Å². The molecule has 1 rings (SSSR count). The number of nitrogens with zero attached hydrogens (tertiary/aromatic N) is 1. The van der Waals surface area contributed by atoms with Crippen molar-refractivity contribution in [2.24, 2.45) is 0 Å². The van der Waals surface area contributed by atoms with Gasteiger partial charge in [-0.25, -0.2) is 0 Å². The van der Waals surface area contributed by atoms with E-state index in [9.17, 15) is 4.79 Å². The molecule has 16 heavy (non-hydrogen) atoms. The number of nitrogens with one attached hydrogen (secondary N) is 1. The zero-order chi connectivity index (χ0) is 12.0. The summed E-state index contributed by atoms with van der Waals surface area (Å²) in [6.07, 6.45) is 2.04. The summed E-state index contributed by atoms with van der Waals surface area (Å²) in [5, 5.41) is 3.11. The van der Waals surface area contributed by atoms with Gasteiger partial charge in [0.05, 0.1) is 6.54 Å². The Kier molecular flexibility index (Phi) is 5.19. The number of rotatable bonds is 5. The molecule has 4 heteroatoms. The Morgan fingerprint density at radius 1 is 1.38 bits per heavy atom. The van der Waals surface area contributed by atoms with Crippen molar-refractivity contribution in [3.63, 3.8) is 0 Å². The molecule has 0 atom stereocenters. The van der Waals surface area contributed by atoms with E-state index in [1.807, 2.05) is 37.4 Å². The Labute approximate surface area is 101 Å². The van der Waals surface area contributed by atoms with Crippen LogP contribution in [0.5, 0.6) is 0 Å². The third-order valence-corrected chi connectivity index (χ3v) is 3.18. The average molecular weight is 238 g/mol. The minimum atomic E-state index is 0.108. The highest BCUT2D eigenvalue weighted by molar-refractivity contribution is 7.98. The van der Waals surface area contributed by atoms with Crippen LogP contribution in [0.2, 0.25) is 0 Å². The molecule has 1 aromatic rings. The van der Waals surface area contributed by atoms with Crippen molar-refractivity contribution in [1.29, 1.82) is 0 Å². The second kappa shape index (κ2) is 6.43. The lowest BCUT2D eigenvalue weighted by atomic mass is 10.3. The molecular formula is C12H18N2OS. The summed E-state index contributed by atoms with van der Waals surface area (Å²) < 4.78 is 0. The van der Waals surface area contributed by atoms with E-state index in [0.717, 1.165) is 12.2 Å². The van der Waals surface area contributed by atoms with Gasteiger partial charge < -0.3 is 10.2 Å². The number of hydrogen-bond donors (Lipinski definition) is 1. The minimum absolute atomic E-state index is 0.108. The topological polar surface area (TPSA) is 32.3 Å². The van der Waals surface area contributed by atoms with Crippen LogP contribution < -0.4 is 5.32 Å². The summed E-state index contributed by atoms with van der Waals surface area (Å²) >= 11 is 1.71. The molecule has 0 aliphatic rings. The van der Waals surface area contributed by atoms with Gasteiger partial charge in [0.25, 0.3) is 0 Å². The van der Waals surface area contributed by atoms with E-state index in [4.69, 9.17) is 0 Å². The fourth-order valence-corrected chi connectivity index (χ4v) is 1.61. The van der Waals surface area contributed by atoms with Crippen LogP contribution >= 0.6 is 11.8 Å². The first kappa shape index (κ1) is 12.9. The zero-order valence-electron chi connectivity index (χ0n) is 9.99. The number of benzene rings is 1. The molecule has 0 radical (unpaired) electrons. The van der Waals surface area contributed by atoms with Gasteiger partial charge in [0, 0.05) is 24.2 Å². The number of carbonyl (C=O) groups is 1. The molecule has 0 aliphatic carbocycles. The largest absolute Gasteiger partial charge is 0.376 e. The number of carbonyl (C=O) groups excluding carboxylic acids is 1. The summed E-state index contributed by atoms with van der Waals surface area (Å²) in [5.74, 6) is 0.108. The van der Waals surface area contributed by atoms with Gasteiger partial charge in [0.2, 0.25) is 5.91 Å². The van der Waals surface area contributed by atoms with Crippen LogP contribution in [0.25, 0.3) is 0 Å². The van der Waals surface area contributed by atoms with Crippen molar-refractivity contribution in [2.75, 3.05) is 31.7 Å². The van der Waals surface area contributed by atoms with Crippen molar-refractivity contribution in [3.8, 4) is 0 Å². The first-order chi connectivity index (χ1) is 7.67. The highest BCUT2D eigenvalue weighted by Crippen LogP contribution is 2.17. The number of likely N-dealkylation sites (N-methyl/N-ethyl adjacent to an activating group) is 1. The van der Waals surface area contributed by atoms with E-state index in [2.05, 4.69) is 5.32 Å². The molecule has 0 saturated carbocycles. The van der Waals surface area contributed by atoms with Gasteiger partial charge in [-0.15, -0.1) is 11.8 Å². The molecule has 0 aliphatic heterocycles. The van der Waals surface area contributed by atoms with Crippen molar-refractivity contribution in [2.45, 2.75) is 11.8 Å². The summed E-state index contributed by atoms with van der Waals surface area (Å²) in [4.78, 5) is 14.5. The monoisotopic (exact) mass is 238 g/mol. The minimum Gasteiger partial charge on any atom is -0.376 e. The molecule has 0 heterocycles. The van der Waals surface area contributed by atoms with E-state index >= 15 is 0 Å². The van der Waals surface area contributed by atoms with Crippen molar-refractivity contribution in [1.82, 2.24) is 4.90 Å². The maximum atomic E-state index is 11.5. The Bertz CT molecular complexity index is 337. The lowest BCUT2D eigenvalue weighted by Gasteiger charge is -2.15. The predicted octanol–water partition coefficient (Wildman–Crippen LogP) is 2.30. The van der Waals surface area contributed by atoms with Gasteiger partial charge in [-0.05, 0) is 37.4 Å². The molecule has 0 saturated heterocycles. The smallest absolute Gasteiger partial charge is 0.241 e. The van der Waals surface area contributed by atoms with Gasteiger partial charge in [-0.1, -0.05) is 0 Å². The van der Waals surface area contributed by atoms with Crippen molar-refractivity contribution < 1.29 is 4.79 Å². The molecule has 1 aromatic carbocycles. The van der Waals surface area contributed by atoms with E-state index in [1.54, 1.807) is 23.7 Å². The first-order valence-corrected chi connectivity index (χ1v) is 6.51. The van der Waals surface area contributed by atoms with E-state index in [-0.39, 0.29) is 5.91 Å². The van der Waals surface area contributed by atoms with Crippen LogP contribution in [0.1, 0.15) is 6.92 Å². The Balaban J connectivity index is 2.45. The lowest BCUT2D eigenvalue weighted by Crippen LogP contribution is -2.31. The Morgan fingerprint density at radius 2 is 2.00 bits per heavy atom. The molecule has 0 fully saturated rings. The summed E-state index contributed by atoms with van der Waals surface area (Å²) in [7, 11) is 1.81. The fraction of sp³-hybridized carbons (Fsp3) is 0.417. The molecule has 1 amide bonds. The Morgan fingerprint density at radius 3 is 2.50 bits per heavy atom. The zero-order valence-corrected chi connectivity index (χ0v) is 10.8. The summed E-state index contributed by atoms with van der Waals surface area (Å²) in [6, 6.07) is 8.07. The van der Waals surface area contributed by atoms with Crippen LogP contribution in [-0.2, 0) is 4.79 Å². The van der Waals surface area contributed by atoms with Gasteiger partial charge >= 0.3 is 0 Å². The summed E-state index contributed by atoms with van der Waals surface area (Å²) in [5.41, 5.74) is 0.982. The molecular weight excluding hydrogens is 220 g/mol. The molecule has 0 unspecified atom stereocenters. The number of hydrogen-bond acceptors (Lipinski definition) is 3. The van der Waals surface area contributed by atoms with Gasteiger partial charge in [0.1, 0.15) is 0 Å². The normalized spacial score (nSPS) is 9.94. The van der Waals surface area contributed by atoms with Crippen LogP contribution in [0, 0.1) is 0 Å². The third-order valence-electron chi connectivity index (χ3n) is 2.43. The highest BCUT2D eigenvalue weighted by Gasteiger charge is 2.05. The molecule has 1 N–H and O–H groups in total. The van der Waals surface area contributed by atoms with E-state index in [1.165, 1.54) is 4.90 Å². The molecule has 88 valence electrons. The second-order valence-electron chi connectivity index (χ2n) is 3.49. The first-order valence-electron chi connectivity index (χ1n) is 5.29. The maximum Gasteiger partial charge on any atom is 0.241 e. The van der Waals surface area contributed by atoms with Gasteiger partial charge in [-0.3, -0.25) is 4.79 Å². The maximum absolute atomic E-state index is 11.5. The average Bonchev–Trinajstić information content (AvgIpc) is 2.35. The van der Waals surface area contributed by atoms with E-state index < -0.39 is 0 Å². The predicted molar refractivity (Wildman–Crippen MR) is 70.0 cm³/mol. The lowest BCUT2D eigenvalue weighted by molar-refractivity contribution is -0.127. The molecule has 3 nitrogen and oxygen atoms in total. The quantitative estimate of drug-likeness (QED) is 0.799. The number of amides is 1. The summed E-state index contributed by atoms with van der Waals surface area (Å²) in [6.45, 7) is 3.06. The van der Waals surface area contributed by atoms with Gasteiger partial charge in [0.15, 0.2) is 0 Å². The number of anilines is 1. The van der Waals surface area contributed by atoms with Gasteiger partial charge in [-0.2, -0.15) is 0 Å². The molecule has 0 spiro atoms. The van der Waals surface area contributed by atoms with Crippen LogP contribution in [0.15, 0.2) is 29.2 Å². The Hall–Kier alpha value is -1.16. The van der Waals surface area contributed by atoms with Crippen LogP contribution in [0.3, 0.4) is 0 Å². The van der Waals surface area contributed by atoms with Crippen molar-refractivity contribution in [3.05, 3.63) is 24.3 Å². The standard InChI is InChI=1S/C12H18N2OS/c1-4-14(2)12(15)9-13-10-5-7-11(16-3)8-6-10/h5-8,13H,4,9H2,1-3H3. The third kappa shape index (κ3) is 3.77. The second-order valence-corrected chi connectivity index (χ2v) is 4.37. The number of thioether (sulfide) groups is 1.